The van der Waals surface area contributed by atoms with Crippen LogP contribution in [0.2, 0.25) is 0 Å². The van der Waals surface area contributed by atoms with Gasteiger partial charge in [-0.15, -0.1) is 0 Å². The van der Waals surface area contributed by atoms with E-state index in [4.69, 9.17) is 9.62 Å². The average Bonchev–Trinajstić information content (AvgIpc) is 2.27. The van der Waals surface area contributed by atoms with Crippen LogP contribution in [0.5, 0.6) is 5.75 Å². The van der Waals surface area contributed by atoms with Gasteiger partial charge in [-0.3, -0.25) is 0 Å². The first-order chi connectivity index (χ1) is 8.04. The molecule has 0 saturated carbocycles. The first-order valence-corrected chi connectivity index (χ1v) is 5.00. The Hall–Kier alpha value is -2.30. The lowest BCUT2D eigenvalue weighted by molar-refractivity contribution is 0.318. The first-order valence-electron chi connectivity index (χ1n) is 5.00. The summed E-state index contributed by atoms with van der Waals surface area (Å²) in [6, 6.07) is 4.49. The molecule has 0 bridgehead atoms. The monoisotopic (exact) mass is 233 g/mol. The van der Waals surface area contributed by atoms with E-state index in [9.17, 15) is 9.90 Å². The van der Waals surface area contributed by atoms with Crippen LogP contribution in [0.4, 0.5) is 0 Å². The third-order valence-electron chi connectivity index (χ3n) is 2.61. The Balaban J connectivity index is 3.00. The van der Waals surface area contributed by atoms with Gasteiger partial charge in [-0.1, -0.05) is 5.16 Å². The molecule has 5 heteroatoms. The number of hydrogen-bond donors (Lipinski definition) is 2. The number of phenols is 1. The van der Waals surface area contributed by atoms with Gasteiger partial charge in [-0.05, 0) is 31.5 Å². The summed E-state index contributed by atoms with van der Waals surface area (Å²) >= 11 is 0. The zero-order valence-electron chi connectivity index (χ0n) is 9.39. The van der Waals surface area contributed by atoms with E-state index in [-0.39, 0.29) is 22.6 Å². The van der Waals surface area contributed by atoms with Gasteiger partial charge >= 0.3 is 5.63 Å². The van der Waals surface area contributed by atoms with Crippen molar-refractivity contribution in [3.05, 3.63) is 39.7 Å². The van der Waals surface area contributed by atoms with Crippen molar-refractivity contribution in [2.75, 3.05) is 0 Å². The molecule has 0 aliphatic heterocycles. The van der Waals surface area contributed by atoms with Gasteiger partial charge in [0.2, 0.25) is 0 Å². The van der Waals surface area contributed by atoms with Crippen LogP contribution in [0.25, 0.3) is 11.0 Å². The number of benzene rings is 1. The topological polar surface area (TPSA) is 83.0 Å². The van der Waals surface area contributed by atoms with Crippen LogP contribution < -0.4 is 5.63 Å². The molecule has 0 fully saturated rings. The van der Waals surface area contributed by atoms with Crippen LogP contribution in [0.3, 0.4) is 0 Å². The smallest absolute Gasteiger partial charge is 0.336 e. The van der Waals surface area contributed by atoms with Crippen molar-refractivity contribution < 1.29 is 14.7 Å². The van der Waals surface area contributed by atoms with Crippen molar-refractivity contribution in [3.63, 3.8) is 0 Å². The van der Waals surface area contributed by atoms with E-state index in [1.54, 1.807) is 13.0 Å². The van der Waals surface area contributed by atoms with Crippen molar-refractivity contribution in [2.24, 2.45) is 5.16 Å². The lowest BCUT2D eigenvalue weighted by Gasteiger charge is -2.07. The summed E-state index contributed by atoms with van der Waals surface area (Å²) in [4.78, 5) is 11.3. The fourth-order valence-electron chi connectivity index (χ4n) is 1.77. The van der Waals surface area contributed by atoms with Gasteiger partial charge in [0.1, 0.15) is 5.75 Å². The van der Waals surface area contributed by atoms with Gasteiger partial charge in [-0.25, -0.2) is 4.79 Å². The number of aryl methyl sites for hydroxylation is 1. The maximum absolute atomic E-state index is 11.3. The molecule has 0 amide bonds. The Morgan fingerprint density at radius 3 is 2.76 bits per heavy atom. The Kier molecular flexibility index (Phi) is 2.59. The van der Waals surface area contributed by atoms with E-state index >= 15 is 0 Å². The minimum atomic E-state index is -0.507. The normalized spacial score (nSPS) is 12.0. The van der Waals surface area contributed by atoms with E-state index in [1.807, 2.05) is 0 Å². The predicted molar refractivity (Wildman–Crippen MR) is 62.9 cm³/mol. The predicted octanol–water partition coefficient (Wildman–Crippen LogP) is 2.01. The summed E-state index contributed by atoms with van der Waals surface area (Å²) in [7, 11) is 0. The minimum absolute atomic E-state index is 0.0958. The van der Waals surface area contributed by atoms with Gasteiger partial charge in [0.15, 0.2) is 5.58 Å². The van der Waals surface area contributed by atoms with Crippen LogP contribution >= 0.6 is 0 Å². The second-order valence-electron chi connectivity index (χ2n) is 3.77. The van der Waals surface area contributed by atoms with Crippen LogP contribution in [-0.2, 0) is 0 Å². The third kappa shape index (κ3) is 1.75. The van der Waals surface area contributed by atoms with Crippen LogP contribution in [0.15, 0.2) is 32.6 Å². The third-order valence-corrected chi connectivity index (χ3v) is 2.61. The zero-order valence-corrected chi connectivity index (χ0v) is 9.39. The summed E-state index contributed by atoms with van der Waals surface area (Å²) in [6.07, 6.45) is 0. The number of oxime groups is 1. The molecule has 0 aliphatic rings. The molecule has 1 aromatic carbocycles. The molecule has 88 valence electrons. The molecule has 1 heterocycles. The maximum Gasteiger partial charge on any atom is 0.336 e. The molecule has 0 unspecified atom stereocenters. The largest absolute Gasteiger partial charge is 0.507 e. The number of phenolic OH excluding ortho intramolecular Hbond substituents is 1. The Morgan fingerprint density at radius 2 is 2.12 bits per heavy atom. The zero-order chi connectivity index (χ0) is 12.6. The highest BCUT2D eigenvalue weighted by Gasteiger charge is 2.14. The van der Waals surface area contributed by atoms with Gasteiger partial charge < -0.3 is 14.7 Å². The molecule has 1 aromatic heterocycles. The molecule has 0 radical (unpaired) electrons. The van der Waals surface area contributed by atoms with E-state index in [0.29, 0.717) is 5.39 Å². The molecule has 0 saturated heterocycles. The van der Waals surface area contributed by atoms with Crippen LogP contribution in [0, 0.1) is 6.92 Å². The van der Waals surface area contributed by atoms with Crippen molar-refractivity contribution in [2.45, 2.75) is 13.8 Å². The Bertz CT molecular complexity index is 670. The lowest BCUT2D eigenvalue weighted by Crippen LogP contribution is -2.03. The summed E-state index contributed by atoms with van der Waals surface area (Å²) in [6.45, 7) is 3.28. The van der Waals surface area contributed by atoms with Crippen LogP contribution in [-0.4, -0.2) is 16.0 Å². The van der Waals surface area contributed by atoms with E-state index in [2.05, 4.69) is 5.16 Å². The van der Waals surface area contributed by atoms with Gasteiger partial charge in [0.05, 0.1) is 11.3 Å². The number of hydrogen-bond acceptors (Lipinski definition) is 5. The molecule has 2 N–H and O–H groups in total. The fraction of sp³-hybridized carbons (Fsp3) is 0.167. The molecule has 0 spiro atoms. The van der Waals surface area contributed by atoms with Crippen molar-refractivity contribution in [1.29, 1.82) is 0 Å². The van der Waals surface area contributed by atoms with Gasteiger partial charge in [0.25, 0.3) is 0 Å². The molecular formula is C12H11NO4. The number of fused-ring (bicyclic) bond motifs is 1. The molecule has 2 rings (SSSR count). The quantitative estimate of drug-likeness (QED) is 0.341. The standard InChI is InChI=1S/C12H11NO4/c1-6-5-10(15)17-12-8(6)3-4-9(14)11(12)7(2)13-16/h3-5,14,16H,1-2H3/b13-7+. The average molecular weight is 233 g/mol. The second kappa shape index (κ2) is 3.93. The molecule has 0 atom stereocenters. The molecule has 0 aliphatic carbocycles. The summed E-state index contributed by atoms with van der Waals surface area (Å²) in [5, 5.41) is 22.2. The molecule has 2 aromatic rings. The number of aromatic hydroxyl groups is 1. The number of nitrogens with zero attached hydrogens (tertiary/aromatic N) is 1. The fourth-order valence-corrected chi connectivity index (χ4v) is 1.77. The maximum atomic E-state index is 11.3. The summed E-state index contributed by atoms with van der Waals surface area (Å²) in [5.74, 6) is -0.0958. The molecule has 17 heavy (non-hydrogen) atoms. The van der Waals surface area contributed by atoms with Crippen molar-refractivity contribution in [1.82, 2.24) is 0 Å². The van der Waals surface area contributed by atoms with E-state index in [0.717, 1.165) is 5.56 Å². The van der Waals surface area contributed by atoms with Gasteiger partial charge in [0, 0.05) is 11.5 Å². The highest BCUT2D eigenvalue weighted by molar-refractivity contribution is 6.10. The van der Waals surface area contributed by atoms with E-state index < -0.39 is 5.63 Å². The summed E-state index contributed by atoms with van der Waals surface area (Å²) in [5.41, 5.74) is 0.869. The van der Waals surface area contributed by atoms with Crippen molar-refractivity contribution in [3.8, 4) is 5.75 Å². The minimum Gasteiger partial charge on any atom is -0.507 e. The highest BCUT2D eigenvalue weighted by atomic mass is 16.4. The first kappa shape index (κ1) is 11.2. The van der Waals surface area contributed by atoms with Crippen molar-refractivity contribution >= 4 is 16.7 Å². The van der Waals surface area contributed by atoms with E-state index in [1.165, 1.54) is 19.1 Å². The Labute approximate surface area is 96.6 Å². The van der Waals surface area contributed by atoms with Crippen LogP contribution in [0.1, 0.15) is 18.1 Å². The SMILES string of the molecule is C/C(=N\O)c1c(O)ccc2c(C)cc(=O)oc12. The second-order valence-corrected chi connectivity index (χ2v) is 3.77. The Morgan fingerprint density at radius 1 is 1.41 bits per heavy atom. The highest BCUT2D eigenvalue weighted by Crippen LogP contribution is 2.28. The lowest BCUT2D eigenvalue weighted by atomic mass is 10.0. The molecule has 5 nitrogen and oxygen atoms in total. The molecular weight excluding hydrogens is 222 g/mol. The number of rotatable bonds is 1. The van der Waals surface area contributed by atoms with Gasteiger partial charge in [-0.2, -0.15) is 0 Å². The summed E-state index contributed by atoms with van der Waals surface area (Å²) < 4.78 is 5.07.